The van der Waals surface area contributed by atoms with E-state index in [-0.39, 0.29) is 5.91 Å². The summed E-state index contributed by atoms with van der Waals surface area (Å²) < 4.78 is 1.89. The molecular formula is C8H14N4OS. The Bertz CT molecular complexity index is 336. The lowest BCUT2D eigenvalue weighted by molar-refractivity contribution is -0.128. The van der Waals surface area contributed by atoms with Gasteiger partial charge in [0, 0.05) is 21.0 Å². The van der Waals surface area contributed by atoms with Crippen molar-refractivity contribution in [3.8, 4) is 0 Å². The van der Waals surface area contributed by atoms with Gasteiger partial charge in [-0.25, -0.2) is 0 Å². The molecule has 0 N–H and O–H groups in total. The maximum absolute atomic E-state index is 11.0. The third kappa shape index (κ3) is 2.25. The van der Waals surface area contributed by atoms with Crippen LogP contribution in [0.5, 0.6) is 0 Å². The first kappa shape index (κ1) is 11.0. The lowest BCUT2D eigenvalue weighted by Crippen LogP contribution is -2.24. The van der Waals surface area contributed by atoms with Gasteiger partial charge in [0.1, 0.15) is 0 Å². The van der Waals surface area contributed by atoms with E-state index in [0.717, 1.165) is 11.0 Å². The molecule has 6 heteroatoms. The Morgan fingerprint density at radius 1 is 1.57 bits per heavy atom. The van der Waals surface area contributed by atoms with Crippen molar-refractivity contribution in [3.63, 3.8) is 0 Å². The molecule has 1 amide bonds. The highest BCUT2D eigenvalue weighted by Crippen LogP contribution is 2.12. The predicted molar refractivity (Wildman–Crippen MR) is 54.9 cm³/mol. The molecule has 1 aromatic heterocycles. The monoisotopic (exact) mass is 214 g/mol. The quantitative estimate of drug-likeness (QED) is 0.688. The molecule has 0 saturated heterocycles. The molecule has 5 nitrogen and oxygen atoms in total. The average Bonchev–Trinajstić information content (AvgIpc) is 2.47. The summed E-state index contributed by atoms with van der Waals surface area (Å²) in [5, 5.41) is 8.85. The molecule has 0 aliphatic carbocycles. The molecule has 0 aromatic carbocycles. The summed E-state index contributed by atoms with van der Waals surface area (Å²) in [5.41, 5.74) is 0. The molecule has 0 unspecified atom stereocenters. The molecule has 1 aromatic rings. The van der Waals surface area contributed by atoms with Gasteiger partial charge < -0.3 is 9.47 Å². The van der Waals surface area contributed by atoms with Crippen LogP contribution in [0.3, 0.4) is 0 Å². The summed E-state index contributed by atoms with van der Waals surface area (Å²) in [5.74, 6) is 0.825. The Morgan fingerprint density at radius 3 is 2.64 bits per heavy atom. The SMILES string of the molecule is CSc1nnc(CN(C)C(C)=O)n1C. The number of hydrogen-bond acceptors (Lipinski definition) is 4. The third-order valence-corrected chi connectivity index (χ3v) is 2.74. The standard InChI is InChI=1S/C8H14N4OS/c1-6(13)11(2)5-7-9-10-8(14-4)12(7)3/h5H2,1-4H3. The minimum absolute atomic E-state index is 0.0266. The topological polar surface area (TPSA) is 51.0 Å². The Labute approximate surface area is 87.5 Å². The average molecular weight is 214 g/mol. The van der Waals surface area contributed by atoms with Crippen LogP contribution in [0.2, 0.25) is 0 Å². The number of amides is 1. The van der Waals surface area contributed by atoms with Crippen molar-refractivity contribution < 1.29 is 4.79 Å². The maximum Gasteiger partial charge on any atom is 0.219 e. The van der Waals surface area contributed by atoms with E-state index in [1.165, 1.54) is 18.7 Å². The molecule has 0 aliphatic heterocycles. The van der Waals surface area contributed by atoms with E-state index in [9.17, 15) is 4.79 Å². The molecule has 0 aliphatic rings. The molecule has 0 spiro atoms. The highest BCUT2D eigenvalue weighted by Gasteiger charge is 2.11. The fourth-order valence-corrected chi connectivity index (χ4v) is 1.49. The van der Waals surface area contributed by atoms with Crippen LogP contribution in [0, 0.1) is 0 Å². The van der Waals surface area contributed by atoms with Gasteiger partial charge in [-0.2, -0.15) is 0 Å². The second kappa shape index (κ2) is 4.45. The first-order chi connectivity index (χ1) is 6.56. The Hall–Kier alpha value is -1.04. The van der Waals surface area contributed by atoms with Gasteiger partial charge in [0.25, 0.3) is 0 Å². The lowest BCUT2D eigenvalue weighted by Gasteiger charge is -2.13. The van der Waals surface area contributed by atoms with Crippen LogP contribution in [-0.4, -0.2) is 38.9 Å². The van der Waals surface area contributed by atoms with Gasteiger partial charge in [-0.15, -0.1) is 10.2 Å². The van der Waals surface area contributed by atoms with E-state index >= 15 is 0 Å². The van der Waals surface area contributed by atoms with Crippen LogP contribution in [0.4, 0.5) is 0 Å². The van der Waals surface area contributed by atoms with E-state index < -0.39 is 0 Å². The van der Waals surface area contributed by atoms with E-state index in [1.54, 1.807) is 11.9 Å². The second-order valence-corrected chi connectivity index (χ2v) is 3.81. The zero-order valence-electron chi connectivity index (χ0n) is 8.81. The number of thioether (sulfide) groups is 1. The van der Waals surface area contributed by atoms with Crippen molar-refractivity contribution >= 4 is 17.7 Å². The number of hydrogen-bond donors (Lipinski definition) is 0. The van der Waals surface area contributed by atoms with Gasteiger partial charge in [0.2, 0.25) is 5.91 Å². The van der Waals surface area contributed by atoms with Gasteiger partial charge in [-0.1, -0.05) is 11.8 Å². The van der Waals surface area contributed by atoms with Gasteiger partial charge >= 0.3 is 0 Å². The van der Waals surface area contributed by atoms with Gasteiger partial charge in [-0.3, -0.25) is 4.79 Å². The summed E-state index contributed by atoms with van der Waals surface area (Å²) in [6, 6.07) is 0. The molecule has 1 rings (SSSR count). The van der Waals surface area contributed by atoms with Crippen LogP contribution in [0.1, 0.15) is 12.7 Å². The van der Waals surface area contributed by atoms with Crippen LogP contribution in [0.15, 0.2) is 5.16 Å². The molecule has 0 atom stereocenters. The summed E-state index contributed by atoms with van der Waals surface area (Å²) in [6.07, 6.45) is 1.95. The number of aromatic nitrogens is 3. The van der Waals surface area contributed by atoms with Crippen molar-refractivity contribution in [2.24, 2.45) is 7.05 Å². The summed E-state index contributed by atoms with van der Waals surface area (Å²) in [7, 11) is 3.64. The Kier molecular flexibility index (Phi) is 3.51. The zero-order chi connectivity index (χ0) is 10.7. The smallest absolute Gasteiger partial charge is 0.219 e. The van der Waals surface area contributed by atoms with Crippen molar-refractivity contribution in [2.75, 3.05) is 13.3 Å². The molecule has 0 saturated carbocycles. The number of nitrogens with zero attached hydrogens (tertiary/aromatic N) is 4. The van der Waals surface area contributed by atoms with Crippen LogP contribution >= 0.6 is 11.8 Å². The zero-order valence-corrected chi connectivity index (χ0v) is 9.63. The third-order valence-electron chi connectivity index (χ3n) is 2.02. The second-order valence-electron chi connectivity index (χ2n) is 3.04. The fourth-order valence-electron chi connectivity index (χ4n) is 0.984. The van der Waals surface area contributed by atoms with Crippen LogP contribution < -0.4 is 0 Å². The molecule has 0 fully saturated rings. The first-order valence-corrected chi connectivity index (χ1v) is 5.42. The van der Waals surface area contributed by atoms with E-state index in [1.807, 2.05) is 17.9 Å². The number of carbonyl (C=O) groups is 1. The minimum Gasteiger partial charge on any atom is -0.338 e. The highest BCUT2D eigenvalue weighted by atomic mass is 32.2. The number of rotatable bonds is 3. The lowest BCUT2D eigenvalue weighted by atomic mass is 10.5. The normalized spacial score (nSPS) is 10.3. The summed E-state index contributed by atoms with van der Waals surface area (Å²) >= 11 is 1.54. The molecule has 14 heavy (non-hydrogen) atoms. The molecular weight excluding hydrogens is 200 g/mol. The summed E-state index contributed by atoms with van der Waals surface area (Å²) in [6.45, 7) is 2.03. The fraction of sp³-hybridized carbons (Fsp3) is 0.625. The Morgan fingerprint density at radius 2 is 2.21 bits per heavy atom. The first-order valence-electron chi connectivity index (χ1n) is 4.20. The maximum atomic E-state index is 11.0. The highest BCUT2D eigenvalue weighted by molar-refractivity contribution is 7.98. The van der Waals surface area contributed by atoms with Crippen molar-refractivity contribution in [1.82, 2.24) is 19.7 Å². The molecule has 78 valence electrons. The van der Waals surface area contributed by atoms with Crippen molar-refractivity contribution in [1.29, 1.82) is 0 Å². The van der Waals surface area contributed by atoms with Gasteiger partial charge in [0.15, 0.2) is 11.0 Å². The van der Waals surface area contributed by atoms with Crippen LogP contribution in [-0.2, 0) is 18.4 Å². The molecule has 0 bridgehead atoms. The predicted octanol–water partition coefficient (Wildman–Crippen LogP) is 0.515. The van der Waals surface area contributed by atoms with E-state index in [4.69, 9.17) is 0 Å². The number of carbonyl (C=O) groups excluding carboxylic acids is 1. The molecule has 0 radical (unpaired) electrons. The minimum atomic E-state index is 0.0266. The van der Waals surface area contributed by atoms with Gasteiger partial charge in [0.05, 0.1) is 6.54 Å². The van der Waals surface area contributed by atoms with E-state index in [2.05, 4.69) is 10.2 Å². The van der Waals surface area contributed by atoms with Crippen molar-refractivity contribution in [2.45, 2.75) is 18.6 Å². The van der Waals surface area contributed by atoms with Crippen LogP contribution in [0.25, 0.3) is 0 Å². The summed E-state index contributed by atoms with van der Waals surface area (Å²) in [4.78, 5) is 12.6. The Balaban J connectivity index is 2.77. The largest absolute Gasteiger partial charge is 0.338 e. The van der Waals surface area contributed by atoms with Crippen molar-refractivity contribution in [3.05, 3.63) is 5.82 Å². The molecule has 1 heterocycles. The van der Waals surface area contributed by atoms with E-state index in [0.29, 0.717) is 6.54 Å². The van der Waals surface area contributed by atoms with Gasteiger partial charge in [-0.05, 0) is 6.26 Å².